The first-order chi connectivity index (χ1) is 9.53. The van der Waals surface area contributed by atoms with Gasteiger partial charge in [-0.25, -0.2) is 12.8 Å². The Morgan fingerprint density at radius 3 is 2.20 bits per heavy atom. The molecule has 0 heterocycles. The van der Waals surface area contributed by atoms with Crippen LogP contribution in [-0.4, -0.2) is 8.42 Å². The van der Waals surface area contributed by atoms with E-state index >= 15 is 0 Å². The predicted molar refractivity (Wildman–Crippen MR) is 71.5 cm³/mol. The molecule has 1 N–H and O–H groups in total. The maximum atomic E-state index is 12.8. The maximum absolute atomic E-state index is 12.8. The standard InChI is InChI=1S/C14H11FN2O2S/c15-12-6-8-13(9-7-12)20(18,19)17-14(10-16)11-4-2-1-3-5-11/h1-9,14,17H. The highest BCUT2D eigenvalue weighted by Gasteiger charge is 2.20. The van der Waals surface area contributed by atoms with Gasteiger partial charge in [0, 0.05) is 0 Å². The Labute approximate surface area is 116 Å². The third-order valence-corrected chi connectivity index (χ3v) is 4.10. The highest BCUT2D eigenvalue weighted by atomic mass is 32.2. The lowest BCUT2D eigenvalue weighted by molar-refractivity contribution is 0.574. The van der Waals surface area contributed by atoms with Crippen molar-refractivity contribution in [3.63, 3.8) is 0 Å². The van der Waals surface area contributed by atoms with Crippen LogP contribution in [0.4, 0.5) is 4.39 Å². The second kappa shape index (κ2) is 5.82. The summed E-state index contributed by atoms with van der Waals surface area (Å²) in [6.45, 7) is 0. The van der Waals surface area contributed by atoms with E-state index < -0.39 is 21.9 Å². The molecule has 102 valence electrons. The van der Waals surface area contributed by atoms with E-state index in [2.05, 4.69) is 4.72 Å². The molecule has 0 bridgehead atoms. The van der Waals surface area contributed by atoms with Crippen molar-refractivity contribution in [1.29, 1.82) is 5.26 Å². The van der Waals surface area contributed by atoms with Crippen molar-refractivity contribution < 1.29 is 12.8 Å². The van der Waals surface area contributed by atoms with Crippen LogP contribution in [0.15, 0.2) is 59.5 Å². The summed E-state index contributed by atoms with van der Waals surface area (Å²) in [4.78, 5) is -0.0879. The fraction of sp³-hybridized carbons (Fsp3) is 0.0714. The topological polar surface area (TPSA) is 70.0 Å². The van der Waals surface area contributed by atoms with E-state index in [1.54, 1.807) is 30.3 Å². The third kappa shape index (κ3) is 3.20. The van der Waals surface area contributed by atoms with E-state index in [9.17, 15) is 12.8 Å². The summed E-state index contributed by atoms with van der Waals surface area (Å²) in [5.74, 6) is -0.524. The van der Waals surface area contributed by atoms with E-state index in [-0.39, 0.29) is 4.90 Å². The molecule has 0 amide bonds. The smallest absolute Gasteiger partial charge is 0.207 e. The Hall–Kier alpha value is -2.23. The van der Waals surface area contributed by atoms with Crippen LogP contribution in [0.5, 0.6) is 0 Å². The molecule has 0 aromatic heterocycles. The maximum Gasteiger partial charge on any atom is 0.242 e. The number of sulfonamides is 1. The van der Waals surface area contributed by atoms with E-state index in [4.69, 9.17) is 5.26 Å². The molecule has 0 saturated heterocycles. The lowest BCUT2D eigenvalue weighted by Crippen LogP contribution is -2.27. The number of halogens is 1. The zero-order valence-corrected chi connectivity index (χ0v) is 11.1. The van der Waals surface area contributed by atoms with Gasteiger partial charge in [-0.15, -0.1) is 0 Å². The van der Waals surface area contributed by atoms with Gasteiger partial charge < -0.3 is 0 Å². The van der Waals surface area contributed by atoms with Gasteiger partial charge in [0.1, 0.15) is 11.9 Å². The molecule has 2 aromatic rings. The molecule has 20 heavy (non-hydrogen) atoms. The fourth-order valence-electron chi connectivity index (χ4n) is 1.65. The van der Waals surface area contributed by atoms with Crippen molar-refractivity contribution in [1.82, 2.24) is 4.72 Å². The second-order valence-corrected chi connectivity index (χ2v) is 5.76. The Morgan fingerprint density at radius 1 is 1.05 bits per heavy atom. The molecule has 2 aromatic carbocycles. The summed E-state index contributed by atoms with van der Waals surface area (Å²) < 4.78 is 39.3. The largest absolute Gasteiger partial charge is 0.242 e. The van der Waals surface area contributed by atoms with Gasteiger partial charge in [-0.2, -0.15) is 9.98 Å². The first kappa shape index (κ1) is 14.2. The summed E-state index contributed by atoms with van der Waals surface area (Å²) in [6.07, 6.45) is 0. The van der Waals surface area contributed by atoms with Crippen molar-refractivity contribution in [3.8, 4) is 6.07 Å². The van der Waals surface area contributed by atoms with Gasteiger partial charge in [0.15, 0.2) is 0 Å². The van der Waals surface area contributed by atoms with Crippen molar-refractivity contribution in [2.24, 2.45) is 0 Å². The van der Waals surface area contributed by atoms with Crippen LogP contribution < -0.4 is 4.72 Å². The van der Waals surface area contributed by atoms with E-state index in [1.165, 1.54) is 0 Å². The van der Waals surface area contributed by atoms with Gasteiger partial charge in [-0.1, -0.05) is 30.3 Å². The summed E-state index contributed by atoms with van der Waals surface area (Å²) in [5.41, 5.74) is 0.542. The lowest BCUT2D eigenvalue weighted by atomic mass is 10.1. The molecule has 1 atom stereocenters. The molecule has 0 fully saturated rings. The zero-order valence-electron chi connectivity index (χ0n) is 10.3. The van der Waals surface area contributed by atoms with Crippen molar-refractivity contribution in [2.45, 2.75) is 10.9 Å². The Kier molecular flexibility index (Phi) is 4.13. The molecule has 0 aliphatic rings. The summed E-state index contributed by atoms with van der Waals surface area (Å²) in [6, 6.07) is 13.8. The third-order valence-electron chi connectivity index (χ3n) is 2.66. The van der Waals surface area contributed by atoms with Gasteiger partial charge in [0.25, 0.3) is 0 Å². The first-order valence-electron chi connectivity index (χ1n) is 5.75. The molecule has 4 nitrogen and oxygen atoms in total. The normalized spacial score (nSPS) is 12.6. The number of nitrogens with zero attached hydrogens (tertiary/aromatic N) is 1. The van der Waals surface area contributed by atoms with E-state index in [1.807, 2.05) is 6.07 Å². The Balaban J connectivity index is 2.28. The van der Waals surface area contributed by atoms with Gasteiger partial charge >= 0.3 is 0 Å². The van der Waals surface area contributed by atoms with Gasteiger partial charge in [0.2, 0.25) is 10.0 Å². The molecule has 2 rings (SSSR count). The van der Waals surface area contributed by atoms with Crippen LogP contribution in [0.3, 0.4) is 0 Å². The number of hydrogen-bond donors (Lipinski definition) is 1. The van der Waals surface area contributed by atoms with Crippen LogP contribution in [0.25, 0.3) is 0 Å². The molecular weight excluding hydrogens is 279 g/mol. The van der Waals surface area contributed by atoms with Gasteiger partial charge in [-0.3, -0.25) is 0 Å². The molecular formula is C14H11FN2O2S. The summed E-state index contributed by atoms with van der Waals surface area (Å²) in [7, 11) is -3.88. The van der Waals surface area contributed by atoms with Crippen molar-refractivity contribution in [2.75, 3.05) is 0 Å². The van der Waals surface area contributed by atoms with Gasteiger partial charge in [0.05, 0.1) is 11.0 Å². The van der Waals surface area contributed by atoms with Crippen LogP contribution in [0, 0.1) is 17.1 Å². The van der Waals surface area contributed by atoms with E-state index in [0.29, 0.717) is 5.56 Å². The lowest BCUT2D eigenvalue weighted by Gasteiger charge is -2.12. The number of nitrogens with one attached hydrogen (secondary N) is 1. The molecule has 0 aliphatic carbocycles. The van der Waals surface area contributed by atoms with Crippen LogP contribution >= 0.6 is 0 Å². The molecule has 0 radical (unpaired) electrons. The summed E-state index contributed by atoms with van der Waals surface area (Å²) >= 11 is 0. The number of rotatable bonds is 4. The average molecular weight is 290 g/mol. The first-order valence-corrected chi connectivity index (χ1v) is 7.24. The predicted octanol–water partition coefficient (Wildman–Crippen LogP) is 2.37. The number of benzene rings is 2. The van der Waals surface area contributed by atoms with Crippen LogP contribution in [0.1, 0.15) is 11.6 Å². The Morgan fingerprint density at radius 2 is 1.65 bits per heavy atom. The minimum Gasteiger partial charge on any atom is -0.207 e. The van der Waals surface area contributed by atoms with Crippen molar-refractivity contribution in [3.05, 3.63) is 66.0 Å². The Bertz CT molecular complexity index is 722. The van der Waals surface area contributed by atoms with E-state index in [0.717, 1.165) is 24.3 Å². The number of nitriles is 1. The second-order valence-electron chi connectivity index (χ2n) is 4.05. The molecule has 1 unspecified atom stereocenters. The zero-order chi connectivity index (χ0) is 14.6. The highest BCUT2D eigenvalue weighted by molar-refractivity contribution is 7.89. The molecule has 0 saturated carbocycles. The monoisotopic (exact) mass is 290 g/mol. The van der Waals surface area contributed by atoms with Crippen LogP contribution in [0.2, 0.25) is 0 Å². The minimum absolute atomic E-state index is 0.0879. The fourth-order valence-corrected chi connectivity index (χ4v) is 2.78. The van der Waals surface area contributed by atoms with Crippen molar-refractivity contribution >= 4 is 10.0 Å². The quantitative estimate of drug-likeness (QED) is 0.939. The molecule has 0 spiro atoms. The van der Waals surface area contributed by atoms with Crippen LogP contribution in [-0.2, 0) is 10.0 Å². The number of hydrogen-bond acceptors (Lipinski definition) is 3. The highest BCUT2D eigenvalue weighted by Crippen LogP contribution is 2.16. The molecule has 6 heteroatoms. The average Bonchev–Trinajstić information content (AvgIpc) is 2.46. The SMILES string of the molecule is N#CC(NS(=O)(=O)c1ccc(F)cc1)c1ccccc1. The molecule has 0 aliphatic heterocycles. The van der Waals surface area contributed by atoms with Gasteiger partial charge in [-0.05, 0) is 29.8 Å². The summed E-state index contributed by atoms with van der Waals surface area (Å²) in [5, 5.41) is 9.10. The minimum atomic E-state index is -3.88.